The summed E-state index contributed by atoms with van der Waals surface area (Å²) in [5, 5.41) is 14.0. The Hall–Kier alpha value is -3.68. The van der Waals surface area contributed by atoms with Crippen LogP contribution in [0.15, 0.2) is 72.3 Å². The van der Waals surface area contributed by atoms with Gasteiger partial charge in [0.25, 0.3) is 11.8 Å². The number of hydrogen-bond donors (Lipinski definition) is 3. The molecule has 3 N–H and O–H groups in total. The van der Waals surface area contributed by atoms with E-state index in [1.54, 1.807) is 35.8 Å². The number of hydrogen-bond acceptors (Lipinski definition) is 5. The Morgan fingerprint density at radius 2 is 1.84 bits per heavy atom. The van der Waals surface area contributed by atoms with Crippen molar-refractivity contribution in [1.29, 1.82) is 0 Å². The number of hydroxylamine groups is 1. The Morgan fingerprint density at radius 1 is 1.05 bits per heavy atom. The van der Waals surface area contributed by atoms with Gasteiger partial charge in [0.1, 0.15) is 12.4 Å². The van der Waals surface area contributed by atoms with Gasteiger partial charge in [-0.05, 0) is 68.0 Å². The van der Waals surface area contributed by atoms with E-state index in [-0.39, 0.29) is 12.5 Å². The van der Waals surface area contributed by atoms with E-state index in [1.165, 1.54) is 19.3 Å². The summed E-state index contributed by atoms with van der Waals surface area (Å²) in [6, 6.07) is 21.1. The van der Waals surface area contributed by atoms with Gasteiger partial charge in [0.2, 0.25) is 0 Å². The highest BCUT2D eigenvalue weighted by Gasteiger charge is 2.18. The third-order valence-corrected chi connectivity index (χ3v) is 6.89. The molecular formula is C30H35N3O4. The van der Waals surface area contributed by atoms with Crippen LogP contribution in [0.2, 0.25) is 0 Å². The summed E-state index contributed by atoms with van der Waals surface area (Å²) in [6.07, 6.45) is 6.44. The second-order valence-corrected chi connectivity index (χ2v) is 9.49. The molecule has 1 saturated heterocycles. The Kier molecular flexibility index (Phi) is 9.29. The summed E-state index contributed by atoms with van der Waals surface area (Å²) in [5.41, 5.74) is 3.19. The van der Waals surface area contributed by atoms with Gasteiger partial charge in [0.15, 0.2) is 0 Å². The summed E-state index contributed by atoms with van der Waals surface area (Å²) in [5.74, 6) is -0.0502. The van der Waals surface area contributed by atoms with Crippen molar-refractivity contribution in [2.24, 2.45) is 0 Å². The quantitative estimate of drug-likeness (QED) is 0.161. The third kappa shape index (κ3) is 7.18. The second kappa shape index (κ2) is 13.0. The molecule has 0 radical (unpaired) electrons. The number of rotatable bonds is 10. The van der Waals surface area contributed by atoms with Crippen LogP contribution in [-0.2, 0) is 4.79 Å². The summed E-state index contributed by atoms with van der Waals surface area (Å²) in [4.78, 5) is 27.3. The number of piperidine rings is 1. The molecule has 7 heteroatoms. The van der Waals surface area contributed by atoms with Gasteiger partial charge in [-0.25, -0.2) is 5.48 Å². The molecule has 0 aromatic heterocycles. The third-order valence-electron chi connectivity index (χ3n) is 6.89. The number of amides is 2. The van der Waals surface area contributed by atoms with Crippen molar-refractivity contribution in [1.82, 2.24) is 15.7 Å². The van der Waals surface area contributed by atoms with Crippen LogP contribution < -0.4 is 15.5 Å². The van der Waals surface area contributed by atoms with E-state index in [0.717, 1.165) is 35.8 Å². The molecule has 4 rings (SSSR count). The highest BCUT2D eigenvalue weighted by Crippen LogP contribution is 2.26. The van der Waals surface area contributed by atoms with Gasteiger partial charge in [-0.2, -0.15) is 0 Å². The lowest BCUT2D eigenvalue weighted by Gasteiger charge is -2.33. The number of benzene rings is 3. The maximum absolute atomic E-state index is 13.2. The molecule has 3 aromatic rings. The normalized spacial score (nSPS) is 16.4. The van der Waals surface area contributed by atoms with Crippen LogP contribution in [0.25, 0.3) is 16.8 Å². The van der Waals surface area contributed by atoms with Crippen LogP contribution in [-0.4, -0.2) is 54.2 Å². The number of fused-ring (bicyclic) bond motifs is 1. The standard InChI is InChI=1S/C30H35N3O4/c1-22-8-4-5-18-33(22)19-7-17-31-29(34)26(20-23-13-15-25(16-14-23)30(35)32-36)21-37-28-12-6-10-24-9-2-3-11-27(24)28/h2-3,6,9-16,20,22,36H,4-5,7-8,17-19,21H2,1H3,(H,31,34)(H,32,35)/b26-20+. The monoisotopic (exact) mass is 501 g/mol. The fraction of sp³-hybridized carbons (Fsp3) is 0.333. The number of carbonyl (C=O) groups is 2. The number of ether oxygens (including phenoxy) is 1. The molecule has 7 nitrogen and oxygen atoms in total. The molecular weight excluding hydrogens is 466 g/mol. The summed E-state index contributed by atoms with van der Waals surface area (Å²) < 4.78 is 6.14. The fourth-order valence-electron chi connectivity index (χ4n) is 4.73. The van der Waals surface area contributed by atoms with E-state index >= 15 is 0 Å². The van der Waals surface area contributed by atoms with Gasteiger partial charge in [0.05, 0.1) is 5.57 Å². The fourth-order valence-corrected chi connectivity index (χ4v) is 4.73. The predicted molar refractivity (Wildman–Crippen MR) is 146 cm³/mol. The second-order valence-electron chi connectivity index (χ2n) is 9.49. The van der Waals surface area contributed by atoms with Crippen LogP contribution in [0.3, 0.4) is 0 Å². The number of nitrogens with one attached hydrogen (secondary N) is 2. The van der Waals surface area contributed by atoms with Crippen molar-refractivity contribution in [3.8, 4) is 5.75 Å². The van der Waals surface area contributed by atoms with Gasteiger partial charge < -0.3 is 15.0 Å². The van der Waals surface area contributed by atoms with Crippen LogP contribution in [0.5, 0.6) is 5.75 Å². The molecule has 0 aliphatic carbocycles. The molecule has 1 unspecified atom stereocenters. The number of likely N-dealkylation sites (tertiary alicyclic amines) is 1. The van der Waals surface area contributed by atoms with Gasteiger partial charge in [-0.15, -0.1) is 0 Å². The Balaban J connectivity index is 1.45. The molecule has 1 atom stereocenters. The zero-order chi connectivity index (χ0) is 26.0. The van der Waals surface area contributed by atoms with Crippen molar-refractivity contribution in [2.45, 2.75) is 38.6 Å². The zero-order valence-electron chi connectivity index (χ0n) is 21.3. The van der Waals surface area contributed by atoms with Crippen molar-refractivity contribution < 1.29 is 19.5 Å². The predicted octanol–water partition coefficient (Wildman–Crippen LogP) is 4.80. The first-order valence-corrected chi connectivity index (χ1v) is 12.9. The molecule has 0 spiro atoms. The first-order chi connectivity index (χ1) is 18.0. The maximum Gasteiger partial charge on any atom is 0.274 e. The first-order valence-electron chi connectivity index (χ1n) is 12.9. The Labute approximate surface area is 218 Å². The van der Waals surface area contributed by atoms with Crippen LogP contribution >= 0.6 is 0 Å². The molecule has 2 amide bonds. The van der Waals surface area contributed by atoms with Crippen LogP contribution in [0.4, 0.5) is 0 Å². The van der Waals surface area contributed by atoms with E-state index in [2.05, 4.69) is 17.1 Å². The van der Waals surface area contributed by atoms with Crippen LogP contribution in [0, 0.1) is 0 Å². The van der Waals surface area contributed by atoms with Crippen molar-refractivity contribution in [2.75, 3.05) is 26.2 Å². The minimum absolute atomic E-state index is 0.0991. The van der Waals surface area contributed by atoms with Gasteiger partial charge in [-0.1, -0.05) is 55.0 Å². The van der Waals surface area contributed by atoms with Crippen LogP contribution in [0.1, 0.15) is 48.5 Å². The zero-order valence-corrected chi connectivity index (χ0v) is 21.3. The van der Waals surface area contributed by atoms with Gasteiger partial charge >= 0.3 is 0 Å². The summed E-state index contributed by atoms with van der Waals surface area (Å²) in [6.45, 7) is 5.06. The van der Waals surface area contributed by atoms with Crippen molar-refractivity contribution in [3.05, 3.63) is 83.4 Å². The van der Waals surface area contributed by atoms with E-state index in [4.69, 9.17) is 9.94 Å². The van der Waals surface area contributed by atoms with Gasteiger partial charge in [-0.3, -0.25) is 14.8 Å². The van der Waals surface area contributed by atoms with E-state index in [9.17, 15) is 9.59 Å². The molecule has 0 bridgehead atoms. The highest BCUT2D eigenvalue weighted by atomic mass is 16.5. The minimum Gasteiger partial charge on any atom is -0.488 e. The Bertz CT molecular complexity index is 1230. The van der Waals surface area contributed by atoms with E-state index in [0.29, 0.717) is 29.5 Å². The molecule has 194 valence electrons. The molecule has 1 heterocycles. The molecule has 37 heavy (non-hydrogen) atoms. The van der Waals surface area contributed by atoms with Crippen molar-refractivity contribution >= 4 is 28.7 Å². The molecule has 0 saturated carbocycles. The summed E-state index contributed by atoms with van der Waals surface area (Å²) in [7, 11) is 0. The lowest BCUT2D eigenvalue weighted by Crippen LogP contribution is -2.39. The lowest BCUT2D eigenvalue weighted by molar-refractivity contribution is -0.117. The van der Waals surface area contributed by atoms with E-state index in [1.807, 2.05) is 42.5 Å². The molecule has 1 aliphatic rings. The first kappa shape index (κ1) is 26.4. The van der Waals surface area contributed by atoms with Gasteiger partial charge in [0, 0.05) is 30.1 Å². The minimum atomic E-state index is -0.587. The molecule has 3 aromatic carbocycles. The number of carbonyl (C=O) groups excluding carboxylic acids is 2. The molecule has 1 fully saturated rings. The lowest BCUT2D eigenvalue weighted by atomic mass is 10.0. The average Bonchev–Trinajstić information content (AvgIpc) is 2.94. The number of nitrogens with zero attached hydrogens (tertiary/aromatic N) is 1. The highest BCUT2D eigenvalue weighted by molar-refractivity contribution is 5.98. The average molecular weight is 502 g/mol. The SMILES string of the molecule is CC1CCCCN1CCCNC(=O)/C(=C/c1ccc(C(=O)NO)cc1)COc1cccc2ccccc12. The largest absolute Gasteiger partial charge is 0.488 e. The Morgan fingerprint density at radius 3 is 2.62 bits per heavy atom. The molecule has 1 aliphatic heterocycles. The van der Waals surface area contributed by atoms with E-state index < -0.39 is 5.91 Å². The summed E-state index contributed by atoms with van der Waals surface area (Å²) >= 11 is 0. The smallest absolute Gasteiger partial charge is 0.274 e. The maximum atomic E-state index is 13.2. The van der Waals surface area contributed by atoms with Crippen molar-refractivity contribution in [3.63, 3.8) is 0 Å². The topological polar surface area (TPSA) is 90.9 Å².